The van der Waals surface area contributed by atoms with Crippen LogP contribution < -0.4 is 14.8 Å². The lowest BCUT2D eigenvalue weighted by atomic mass is 10.1. The standard InChI is InChI=1S/C19H23NO4/c1-22-17-9-6-14(12-18(17)23-2)10-11-20-13-15-4-7-16(8-5-15)19(21)24-3/h4-9,12,20H,10-11,13H2,1-3H3. The summed E-state index contributed by atoms with van der Waals surface area (Å²) in [6.45, 7) is 1.59. The van der Waals surface area contributed by atoms with Crippen LogP contribution in [-0.2, 0) is 17.7 Å². The minimum atomic E-state index is -0.317. The van der Waals surface area contributed by atoms with Crippen molar-refractivity contribution in [1.29, 1.82) is 0 Å². The van der Waals surface area contributed by atoms with Crippen LogP contribution in [0.3, 0.4) is 0 Å². The summed E-state index contributed by atoms with van der Waals surface area (Å²) < 4.78 is 15.2. The molecule has 0 unspecified atom stereocenters. The van der Waals surface area contributed by atoms with Crippen LogP contribution in [0.5, 0.6) is 11.5 Å². The highest BCUT2D eigenvalue weighted by Gasteiger charge is 2.05. The van der Waals surface area contributed by atoms with E-state index in [-0.39, 0.29) is 5.97 Å². The molecule has 0 amide bonds. The second-order valence-corrected chi connectivity index (χ2v) is 5.30. The Bertz CT molecular complexity index is 668. The molecular formula is C19H23NO4. The number of rotatable bonds is 8. The predicted octanol–water partition coefficient (Wildman–Crippen LogP) is 2.82. The summed E-state index contributed by atoms with van der Waals surface area (Å²) in [6.07, 6.45) is 0.889. The number of nitrogens with one attached hydrogen (secondary N) is 1. The largest absolute Gasteiger partial charge is 0.493 e. The molecule has 2 rings (SSSR count). The molecule has 0 atom stereocenters. The molecule has 0 heterocycles. The number of ether oxygens (including phenoxy) is 3. The molecular weight excluding hydrogens is 306 g/mol. The van der Waals surface area contributed by atoms with Crippen LogP contribution in [-0.4, -0.2) is 33.8 Å². The van der Waals surface area contributed by atoms with Gasteiger partial charge in [0, 0.05) is 6.54 Å². The molecule has 0 aromatic heterocycles. The second kappa shape index (κ2) is 8.93. The number of hydrogen-bond acceptors (Lipinski definition) is 5. The van der Waals surface area contributed by atoms with Crippen molar-refractivity contribution in [3.05, 3.63) is 59.2 Å². The van der Waals surface area contributed by atoms with Gasteiger partial charge in [-0.25, -0.2) is 4.79 Å². The van der Waals surface area contributed by atoms with Gasteiger partial charge >= 0.3 is 5.97 Å². The van der Waals surface area contributed by atoms with Crippen LogP contribution in [0.2, 0.25) is 0 Å². The van der Waals surface area contributed by atoms with E-state index in [0.29, 0.717) is 5.56 Å². The van der Waals surface area contributed by atoms with Crippen molar-refractivity contribution in [2.75, 3.05) is 27.9 Å². The lowest BCUT2D eigenvalue weighted by Crippen LogP contribution is -2.16. The topological polar surface area (TPSA) is 56.8 Å². The molecule has 0 fully saturated rings. The van der Waals surface area contributed by atoms with Crippen molar-refractivity contribution in [3.8, 4) is 11.5 Å². The molecule has 1 N–H and O–H groups in total. The summed E-state index contributed by atoms with van der Waals surface area (Å²) in [5.74, 6) is 1.16. The normalized spacial score (nSPS) is 10.3. The maximum Gasteiger partial charge on any atom is 0.337 e. The van der Waals surface area contributed by atoms with Crippen LogP contribution in [0.1, 0.15) is 21.5 Å². The number of esters is 1. The molecule has 2 aromatic rings. The van der Waals surface area contributed by atoms with Gasteiger partial charge in [0.05, 0.1) is 26.9 Å². The van der Waals surface area contributed by atoms with Crippen molar-refractivity contribution < 1.29 is 19.0 Å². The molecule has 5 nitrogen and oxygen atoms in total. The first-order valence-corrected chi connectivity index (χ1v) is 7.76. The van der Waals surface area contributed by atoms with Gasteiger partial charge in [-0.3, -0.25) is 0 Å². The van der Waals surface area contributed by atoms with E-state index in [2.05, 4.69) is 10.1 Å². The third-order valence-electron chi connectivity index (χ3n) is 3.74. The molecule has 0 aliphatic rings. The molecule has 0 bridgehead atoms. The van der Waals surface area contributed by atoms with Crippen molar-refractivity contribution in [2.45, 2.75) is 13.0 Å². The minimum Gasteiger partial charge on any atom is -0.493 e. The van der Waals surface area contributed by atoms with Gasteiger partial charge in [-0.1, -0.05) is 18.2 Å². The summed E-state index contributed by atoms with van der Waals surface area (Å²) in [5, 5.41) is 3.39. The Labute approximate surface area is 142 Å². The van der Waals surface area contributed by atoms with E-state index in [9.17, 15) is 4.79 Å². The van der Waals surface area contributed by atoms with Crippen molar-refractivity contribution in [2.24, 2.45) is 0 Å². The van der Waals surface area contributed by atoms with E-state index < -0.39 is 0 Å². The third kappa shape index (κ3) is 4.73. The number of carbonyl (C=O) groups excluding carboxylic acids is 1. The van der Waals surface area contributed by atoms with Crippen LogP contribution >= 0.6 is 0 Å². The van der Waals surface area contributed by atoms with Gasteiger partial charge in [-0.2, -0.15) is 0 Å². The first kappa shape index (κ1) is 17.8. The van der Waals surface area contributed by atoms with Gasteiger partial charge in [0.2, 0.25) is 0 Å². The smallest absolute Gasteiger partial charge is 0.337 e. The first-order chi connectivity index (χ1) is 11.7. The summed E-state index contributed by atoms with van der Waals surface area (Å²) in [7, 11) is 4.65. The van der Waals surface area contributed by atoms with Gasteiger partial charge < -0.3 is 19.5 Å². The average molecular weight is 329 g/mol. The zero-order valence-corrected chi connectivity index (χ0v) is 14.3. The summed E-state index contributed by atoms with van der Waals surface area (Å²) >= 11 is 0. The predicted molar refractivity (Wildman–Crippen MR) is 92.7 cm³/mol. The SMILES string of the molecule is COC(=O)c1ccc(CNCCc2ccc(OC)c(OC)c2)cc1. The quantitative estimate of drug-likeness (QED) is 0.596. The van der Waals surface area contributed by atoms with Crippen molar-refractivity contribution in [1.82, 2.24) is 5.32 Å². The molecule has 0 spiro atoms. The average Bonchev–Trinajstić information content (AvgIpc) is 2.64. The zero-order chi connectivity index (χ0) is 17.4. The minimum absolute atomic E-state index is 0.317. The van der Waals surface area contributed by atoms with Crippen LogP contribution in [0.4, 0.5) is 0 Å². The van der Waals surface area contributed by atoms with E-state index in [0.717, 1.165) is 36.6 Å². The van der Waals surface area contributed by atoms with E-state index in [1.54, 1.807) is 26.4 Å². The number of hydrogen-bond donors (Lipinski definition) is 1. The molecule has 0 saturated carbocycles. The fraction of sp³-hybridized carbons (Fsp3) is 0.316. The van der Waals surface area contributed by atoms with E-state index in [1.807, 2.05) is 30.3 Å². The highest BCUT2D eigenvalue weighted by atomic mass is 16.5. The molecule has 24 heavy (non-hydrogen) atoms. The maximum absolute atomic E-state index is 11.4. The number of carbonyl (C=O) groups is 1. The van der Waals surface area contributed by atoms with Crippen molar-refractivity contribution in [3.63, 3.8) is 0 Å². The van der Waals surface area contributed by atoms with Crippen LogP contribution in [0, 0.1) is 0 Å². The highest BCUT2D eigenvalue weighted by molar-refractivity contribution is 5.89. The molecule has 0 radical (unpaired) electrons. The summed E-state index contributed by atoms with van der Waals surface area (Å²) in [5.41, 5.74) is 2.86. The Morgan fingerprint density at radius 1 is 0.917 bits per heavy atom. The van der Waals surface area contributed by atoms with Gasteiger partial charge in [0.1, 0.15) is 0 Å². The van der Waals surface area contributed by atoms with E-state index >= 15 is 0 Å². The fourth-order valence-corrected chi connectivity index (χ4v) is 2.38. The lowest BCUT2D eigenvalue weighted by Gasteiger charge is -2.10. The lowest BCUT2D eigenvalue weighted by molar-refractivity contribution is 0.0600. The van der Waals surface area contributed by atoms with E-state index in [1.165, 1.54) is 12.7 Å². The maximum atomic E-state index is 11.4. The molecule has 0 aliphatic heterocycles. The van der Waals surface area contributed by atoms with Gasteiger partial charge in [0.15, 0.2) is 11.5 Å². The third-order valence-corrected chi connectivity index (χ3v) is 3.74. The number of benzene rings is 2. The second-order valence-electron chi connectivity index (χ2n) is 5.30. The van der Waals surface area contributed by atoms with E-state index in [4.69, 9.17) is 9.47 Å². The van der Waals surface area contributed by atoms with Gasteiger partial charge in [0.25, 0.3) is 0 Å². The highest BCUT2D eigenvalue weighted by Crippen LogP contribution is 2.27. The summed E-state index contributed by atoms with van der Waals surface area (Å²) in [6, 6.07) is 13.3. The Kier molecular flexibility index (Phi) is 6.63. The molecule has 0 aliphatic carbocycles. The van der Waals surface area contributed by atoms with Crippen LogP contribution in [0.25, 0.3) is 0 Å². The monoisotopic (exact) mass is 329 g/mol. The summed E-state index contributed by atoms with van der Waals surface area (Å²) in [4.78, 5) is 11.4. The molecule has 128 valence electrons. The number of methoxy groups -OCH3 is 3. The Morgan fingerprint density at radius 2 is 1.58 bits per heavy atom. The van der Waals surface area contributed by atoms with Crippen LogP contribution in [0.15, 0.2) is 42.5 Å². The first-order valence-electron chi connectivity index (χ1n) is 7.76. The van der Waals surface area contributed by atoms with Gasteiger partial charge in [-0.15, -0.1) is 0 Å². The Balaban J connectivity index is 1.81. The van der Waals surface area contributed by atoms with Gasteiger partial charge in [-0.05, 0) is 48.4 Å². The van der Waals surface area contributed by atoms with Crippen molar-refractivity contribution >= 4 is 5.97 Å². The Morgan fingerprint density at radius 3 is 2.21 bits per heavy atom. The molecule has 0 saturated heterocycles. The Hall–Kier alpha value is -2.53. The molecule has 2 aromatic carbocycles. The molecule has 5 heteroatoms. The fourth-order valence-electron chi connectivity index (χ4n) is 2.38. The zero-order valence-electron chi connectivity index (χ0n) is 14.3.